The Kier molecular flexibility index (Phi) is 3.22. The van der Waals surface area contributed by atoms with Gasteiger partial charge in [0.25, 0.3) is 0 Å². The van der Waals surface area contributed by atoms with Crippen molar-refractivity contribution in [3.8, 4) is 11.5 Å². The summed E-state index contributed by atoms with van der Waals surface area (Å²) in [6.07, 6.45) is 0.354. The van der Waals surface area contributed by atoms with Gasteiger partial charge in [0, 0.05) is 13.0 Å². The smallest absolute Gasteiger partial charge is 0.249 e. The second-order valence-corrected chi connectivity index (χ2v) is 5.34. The van der Waals surface area contributed by atoms with Crippen LogP contribution in [0.15, 0.2) is 12.1 Å². The van der Waals surface area contributed by atoms with Crippen LogP contribution >= 0.6 is 0 Å². The Morgan fingerprint density at radius 1 is 1.42 bits per heavy atom. The third kappa shape index (κ3) is 2.86. The number of hydrogen-bond donors (Lipinski definition) is 1. The highest BCUT2D eigenvalue weighted by Crippen LogP contribution is 2.37. The molecular formula is C14H17NO4. The number of aryl methyl sites for hydroxylation is 1. The Bertz CT molecular complexity index is 549. The predicted octanol–water partition coefficient (Wildman–Crippen LogP) is 2.17. The zero-order valence-corrected chi connectivity index (χ0v) is 11.5. The standard InChI is InChI=1S/C14H17NO4/c1-8-5-10(19-15-9(2)16)6-12-13(8)11(17)7-14(3,4)18-12/h5-6H,7H2,1-4H3,(H,15,16). The van der Waals surface area contributed by atoms with Crippen LogP contribution in [0.25, 0.3) is 0 Å². The Hall–Kier alpha value is -2.04. The van der Waals surface area contributed by atoms with Gasteiger partial charge >= 0.3 is 0 Å². The number of hydrogen-bond acceptors (Lipinski definition) is 4. The molecule has 1 heterocycles. The average molecular weight is 263 g/mol. The minimum atomic E-state index is -0.525. The summed E-state index contributed by atoms with van der Waals surface area (Å²) < 4.78 is 5.80. The van der Waals surface area contributed by atoms with Gasteiger partial charge < -0.3 is 9.57 Å². The van der Waals surface area contributed by atoms with Gasteiger partial charge in [0.05, 0.1) is 12.0 Å². The molecule has 0 spiro atoms. The molecule has 19 heavy (non-hydrogen) atoms. The van der Waals surface area contributed by atoms with Crippen molar-refractivity contribution < 1.29 is 19.2 Å². The molecule has 0 unspecified atom stereocenters. The first kappa shape index (κ1) is 13.4. The second-order valence-electron chi connectivity index (χ2n) is 5.34. The molecule has 0 bridgehead atoms. The predicted molar refractivity (Wildman–Crippen MR) is 69.3 cm³/mol. The maximum atomic E-state index is 12.1. The number of Topliss-reactive ketones (excluding diaryl/α,β-unsaturated/α-hetero) is 1. The molecule has 5 nitrogen and oxygen atoms in total. The zero-order chi connectivity index (χ0) is 14.2. The van der Waals surface area contributed by atoms with Crippen molar-refractivity contribution in [2.24, 2.45) is 0 Å². The third-order valence-corrected chi connectivity index (χ3v) is 2.84. The maximum Gasteiger partial charge on any atom is 0.249 e. The minimum absolute atomic E-state index is 0.0647. The summed E-state index contributed by atoms with van der Waals surface area (Å²) in [5, 5.41) is 0. The summed E-state index contributed by atoms with van der Waals surface area (Å²) in [4.78, 5) is 28.1. The quantitative estimate of drug-likeness (QED) is 0.830. The highest BCUT2D eigenvalue weighted by atomic mass is 16.7. The van der Waals surface area contributed by atoms with E-state index in [1.54, 1.807) is 12.1 Å². The van der Waals surface area contributed by atoms with E-state index in [-0.39, 0.29) is 11.7 Å². The lowest BCUT2D eigenvalue weighted by Gasteiger charge is -2.32. The lowest BCUT2D eigenvalue weighted by atomic mass is 9.90. The molecule has 1 aromatic carbocycles. The molecule has 1 amide bonds. The van der Waals surface area contributed by atoms with Crippen molar-refractivity contribution in [1.29, 1.82) is 0 Å². The van der Waals surface area contributed by atoms with Crippen LogP contribution in [0.4, 0.5) is 0 Å². The molecule has 0 radical (unpaired) electrons. The van der Waals surface area contributed by atoms with Crippen LogP contribution in [0.5, 0.6) is 11.5 Å². The molecular weight excluding hydrogens is 246 g/mol. The number of fused-ring (bicyclic) bond motifs is 1. The topological polar surface area (TPSA) is 64.6 Å². The van der Waals surface area contributed by atoms with E-state index in [4.69, 9.17) is 9.57 Å². The van der Waals surface area contributed by atoms with Gasteiger partial charge in [0.15, 0.2) is 11.5 Å². The van der Waals surface area contributed by atoms with Crippen molar-refractivity contribution >= 4 is 11.7 Å². The molecule has 0 atom stereocenters. The molecule has 0 saturated carbocycles. The molecule has 0 aliphatic carbocycles. The van der Waals surface area contributed by atoms with Crippen molar-refractivity contribution in [3.63, 3.8) is 0 Å². The van der Waals surface area contributed by atoms with Crippen LogP contribution in [-0.2, 0) is 4.79 Å². The molecule has 102 valence electrons. The Morgan fingerprint density at radius 2 is 2.11 bits per heavy atom. The van der Waals surface area contributed by atoms with Gasteiger partial charge in [0.2, 0.25) is 5.91 Å². The SMILES string of the molecule is CC(=O)NOc1cc(C)c2c(c1)OC(C)(C)CC2=O. The highest BCUT2D eigenvalue weighted by Gasteiger charge is 2.33. The largest absolute Gasteiger partial charge is 0.486 e. The molecule has 0 saturated heterocycles. The van der Waals surface area contributed by atoms with E-state index in [0.717, 1.165) is 5.56 Å². The van der Waals surface area contributed by atoms with E-state index < -0.39 is 5.60 Å². The number of hydroxylamine groups is 1. The first-order valence-corrected chi connectivity index (χ1v) is 6.09. The summed E-state index contributed by atoms with van der Waals surface area (Å²) in [5.41, 5.74) is 3.09. The Balaban J connectivity index is 2.37. The average Bonchev–Trinajstić information content (AvgIpc) is 2.23. The van der Waals surface area contributed by atoms with Crippen LogP contribution in [0, 0.1) is 6.92 Å². The number of nitrogens with one attached hydrogen (secondary N) is 1. The number of amides is 1. The lowest BCUT2D eigenvalue weighted by molar-refractivity contribution is -0.125. The molecule has 1 aliphatic heterocycles. The molecule has 2 rings (SSSR count). The minimum Gasteiger partial charge on any atom is -0.486 e. The van der Waals surface area contributed by atoms with Crippen LogP contribution < -0.4 is 15.1 Å². The van der Waals surface area contributed by atoms with E-state index in [0.29, 0.717) is 23.5 Å². The van der Waals surface area contributed by atoms with Gasteiger partial charge in [-0.25, -0.2) is 0 Å². The molecule has 1 aromatic rings. The lowest BCUT2D eigenvalue weighted by Crippen LogP contribution is -2.36. The number of ether oxygens (including phenoxy) is 1. The van der Waals surface area contributed by atoms with E-state index >= 15 is 0 Å². The first-order chi connectivity index (χ1) is 8.78. The second kappa shape index (κ2) is 4.57. The van der Waals surface area contributed by atoms with Crippen molar-refractivity contribution in [3.05, 3.63) is 23.3 Å². The van der Waals surface area contributed by atoms with Gasteiger partial charge in [0.1, 0.15) is 11.4 Å². The number of carbonyl (C=O) groups excluding carboxylic acids is 2. The molecule has 0 fully saturated rings. The number of rotatable bonds is 2. The van der Waals surface area contributed by atoms with Crippen molar-refractivity contribution in [2.45, 2.75) is 39.7 Å². The van der Waals surface area contributed by atoms with Gasteiger partial charge in [-0.05, 0) is 32.4 Å². The number of benzene rings is 1. The van der Waals surface area contributed by atoms with Gasteiger partial charge in [-0.15, -0.1) is 0 Å². The van der Waals surface area contributed by atoms with Crippen LogP contribution in [0.2, 0.25) is 0 Å². The zero-order valence-electron chi connectivity index (χ0n) is 11.5. The Labute approximate surface area is 111 Å². The molecule has 0 aromatic heterocycles. The van der Waals surface area contributed by atoms with E-state index in [1.165, 1.54) is 6.92 Å². The van der Waals surface area contributed by atoms with Gasteiger partial charge in [-0.3, -0.25) is 9.59 Å². The fraction of sp³-hybridized carbons (Fsp3) is 0.429. The summed E-state index contributed by atoms with van der Waals surface area (Å²) in [7, 11) is 0. The summed E-state index contributed by atoms with van der Waals surface area (Å²) in [6, 6.07) is 3.32. The summed E-state index contributed by atoms with van der Waals surface area (Å²) in [5.74, 6) is 0.709. The van der Waals surface area contributed by atoms with Gasteiger partial charge in [-0.1, -0.05) is 0 Å². The van der Waals surface area contributed by atoms with Crippen LogP contribution in [0.1, 0.15) is 43.1 Å². The molecule has 5 heteroatoms. The van der Waals surface area contributed by atoms with Crippen LogP contribution in [0.3, 0.4) is 0 Å². The monoisotopic (exact) mass is 263 g/mol. The summed E-state index contributed by atoms with van der Waals surface area (Å²) in [6.45, 7) is 6.91. The summed E-state index contributed by atoms with van der Waals surface area (Å²) >= 11 is 0. The normalized spacial score (nSPS) is 16.3. The third-order valence-electron chi connectivity index (χ3n) is 2.84. The van der Waals surface area contributed by atoms with E-state index in [9.17, 15) is 9.59 Å². The molecule has 1 N–H and O–H groups in total. The maximum absolute atomic E-state index is 12.1. The number of ketones is 1. The fourth-order valence-electron chi connectivity index (χ4n) is 2.16. The van der Waals surface area contributed by atoms with Crippen LogP contribution in [-0.4, -0.2) is 17.3 Å². The number of carbonyl (C=O) groups is 2. The first-order valence-electron chi connectivity index (χ1n) is 6.09. The van der Waals surface area contributed by atoms with E-state index in [1.807, 2.05) is 20.8 Å². The van der Waals surface area contributed by atoms with Gasteiger partial charge in [-0.2, -0.15) is 5.48 Å². The van der Waals surface area contributed by atoms with Crippen molar-refractivity contribution in [1.82, 2.24) is 5.48 Å². The Morgan fingerprint density at radius 3 is 2.74 bits per heavy atom. The van der Waals surface area contributed by atoms with E-state index in [2.05, 4.69) is 5.48 Å². The fourth-order valence-corrected chi connectivity index (χ4v) is 2.16. The molecule has 1 aliphatic rings. The van der Waals surface area contributed by atoms with Crippen molar-refractivity contribution in [2.75, 3.05) is 0 Å². The highest BCUT2D eigenvalue weighted by molar-refractivity contribution is 6.01.